The molecular formula is C10H8N2O2. The molecule has 4 nitrogen and oxygen atoms in total. The summed E-state index contributed by atoms with van der Waals surface area (Å²) in [5.74, 6) is -0.961. The average Bonchev–Trinajstić information content (AvgIpc) is 2.16. The fourth-order valence-corrected chi connectivity index (χ4v) is 1.42. The molecule has 0 bridgehead atoms. The Kier molecular flexibility index (Phi) is 1.89. The molecule has 0 atom stereocenters. The van der Waals surface area contributed by atoms with Crippen molar-refractivity contribution < 1.29 is 9.90 Å². The predicted molar refractivity (Wildman–Crippen MR) is 51.2 cm³/mol. The third-order valence-electron chi connectivity index (χ3n) is 1.98. The van der Waals surface area contributed by atoms with E-state index in [1.807, 2.05) is 13.0 Å². The molecule has 0 aliphatic heterocycles. The minimum Gasteiger partial charge on any atom is -0.478 e. The summed E-state index contributed by atoms with van der Waals surface area (Å²) in [7, 11) is 0. The highest BCUT2D eigenvalue weighted by molar-refractivity contribution is 6.01. The summed E-state index contributed by atoms with van der Waals surface area (Å²) in [4.78, 5) is 18.7. The number of fused-ring (bicyclic) bond motifs is 1. The first-order chi connectivity index (χ1) is 6.68. The minimum absolute atomic E-state index is 0.224. The molecule has 1 aromatic heterocycles. The molecule has 0 spiro atoms. The van der Waals surface area contributed by atoms with Crippen molar-refractivity contribution in [1.82, 2.24) is 9.97 Å². The van der Waals surface area contributed by atoms with Crippen molar-refractivity contribution >= 4 is 16.9 Å². The van der Waals surface area contributed by atoms with Gasteiger partial charge in [0.25, 0.3) is 0 Å². The van der Waals surface area contributed by atoms with Gasteiger partial charge in [-0.1, -0.05) is 0 Å². The summed E-state index contributed by atoms with van der Waals surface area (Å²) < 4.78 is 0. The van der Waals surface area contributed by atoms with Crippen LogP contribution in [0.25, 0.3) is 10.9 Å². The number of nitrogens with zero attached hydrogens (tertiary/aromatic N) is 2. The summed E-state index contributed by atoms with van der Waals surface area (Å²) in [6.45, 7) is 1.85. The van der Waals surface area contributed by atoms with Crippen LogP contribution in [0.3, 0.4) is 0 Å². The van der Waals surface area contributed by atoms with Crippen molar-refractivity contribution in [2.75, 3.05) is 0 Å². The lowest BCUT2D eigenvalue weighted by Gasteiger charge is -2.02. The number of hydrogen-bond acceptors (Lipinski definition) is 3. The molecule has 14 heavy (non-hydrogen) atoms. The van der Waals surface area contributed by atoms with Crippen LogP contribution in [0.5, 0.6) is 0 Å². The first-order valence-corrected chi connectivity index (χ1v) is 4.12. The summed E-state index contributed by atoms with van der Waals surface area (Å²) in [6, 6.07) is 3.47. The number of carboxylic acid groups (broad SMARTS) is 1. The van der Waals surface area contributed by atoms with Crippen molar-refractivity contribution in [1.29, 1.82) is 0 Å². The third-order valence-corrected chi connectivity index (χ3v) is 1.98. The van der Waals surface area contributed by atoms with E-state index < -0.39 is 5.97 Å². The van der Waals surface area contributed by atoms with Gasteiger partial charge in [0, 0.05) is 11.6 Å². The van der Waals surface area contributed by atoms with E-state index in [1.165, 1.54) is 6.33 Å². The van der Waals surface area contributed by atoms with Crippen LogP contribution in [0.1, 0.15) is 15.9 Å². The molecule has 4 heteroatoms. The largest absolute Gasteiger partial charge is 0.478 e. The number of benzene rings is 1. The van der Waals surface area contributed by atoms with E-state index in [4.69, 9.17) is 5.11 Å². The van der Waals surface area contributed by atoms with Crippen molar-refractivity contribution in [3.8, 4) is 0 Å². The molecule has 2 rings (SSSR count). The molecular weight excluding hydrogens is 180 g/mol. The number of aromatic carboxylic acids is 1. The van der Waals surface area contributed by atoms with E-state index >= 15 is 0 Å². The summed E-state index contributed by atoms with van der Waals surface area (Å²) in [5, 5.41) is 9.70. The van der Waals surface area contributed by atoms with E-state index in [0.717, 1.165) is 10.9 Å². The van der Waals surface area contributed by atoms with E-state index in [1.54, 1.807) is 12.3 Å². The monoisotopic (exact) mass is 188 g/mol. The number of aromatic nitrogens is 2. The van der Waals surface area contributed by atoms with Crippen molar-refractivity contribution in [3.63, 3.8) is 0 Å². The molecule has 1 heterocycles. The first kappa shape index (κ1) is 8.62. The van der Waals surface area contributed by atoms with Crippen LogP contribution in [-0.2, 0) is 0 Å². The normalized spacial score (nSPS) is 10.4. The number of rotatable bonds is 1. The minimum atomic E-state index is -0.961. The fourth-order valence-electron chi connectivity index (χ4n) is 1.42. The van der Waals surface area contributed by atoms with Gasteiger partial charge in [0.15, 0.2) is 0 Å². The van der Waals surface area contributed by atoms with Gasteiger partial charge in [-0.25, -0.2) is 14.8 Å². The van der Waals surface area contributed by atoms with Gasteiger partial charge < -0.3 is 5.11 Å². The van der Waals surface area contributed by atoms with Gasteiger partial charge in [-0.3, -0.25) is 0 Å². The zero-order valence-corrected chi connectivity index (χ0v) is 7.56. The Morgan fingerprint density at radius 2 is 2.21 bits per heavy atom. The van der Waals surface area contributed by atoms with E-state index in [-0.39, 0.29) is 5.56 Å². The second-order valence-electron chi connectivity index (χ2n) is 3.08. The highest BCUT2D eigenvalue weighted by atomic mass is 16.4. The second kappa shape index (κ2) is 3.06. The van der Waals surface area contributed by atoms with E-state index in [0.29, 0.717) is 5.52 Å². The maximum atomic E-state index is 10.9. The van der Waals surface area contributed by atoms with Gasteiger partial charge >= 0.3 is 5.97 Å². The van der Waals surface area contributed by atoms with Crippen LogP contribution in [0.4, 0.5) is 0 Å². The Labute approximate surface area is 80.2 Å². The number of aryl methyl sites for hydroxylation is 1. The molecule has 0 saturated carbocycles. The Morgan fingerprint density at radius 1 is 1.43 bits per heavy atom. The molecule has 0 aliphatic rings. The van der Waals surface area contributed by atoms with Gasteiger partial charge in [-0.05, 0) is 24.6 Å². The van der Waals surface area contributed by atoms with E-state index in [9.17, 15) is 4.79 Å². The standard InChI is InChI=1S/C10H8N2O2/c1-6-2-7-4-11-5-12-9(7)8(3-6)10(13)14/h2-5H,1H3,(H,13,14). The summed E-state index contributed by atoms with van der Waals surface area (Å²) >= 11 is 0. The van der Waals surface area contributed by atoms with Crippen molar-refractivity contribution in [2.24, 2.45) is 0 Å². The molecule has 70 valence electrons. The smallest absolute Gasteiger partial charge is 0.337 e. The lowest BCUT2D eigenvalue weighted by molar-refractivity contribution is 0.0698. The highest BCUT2D eigenvalue weighted by Crippen LogP contribution is 2.17. The highest BCUT2D eigenvalue weighted by Gasteiger charge is 2.09. The Bertz CT molecular complexity index is 508. The molecule has 0 amide bonds. The number of hydrogen-bond donors (Lipinski definition) is 1. The number of carbonyl (C=O) groups is 1. The van der Waals surface area contributed by atoms with Crippen molar-refractivity contribution in [2.45, 2.75) is 6.92 Å². The molecule has 0 unspecified atom stereocenters. The molecule has 2 aromatic rings. The third kappa shape index (κ3) is 1.31. The molecule has 0 fully saturated rings. The van der Waals surface area contributed by atoms with Crippen LogP contribution in [0, 0.1) is 6.92 Å². The van der Waals surface area contributed by atoms with Gasteiger partial charge in [0.2, 0.25) is 0 Å². The van der Waals surface area contributed by atoms with Crippen molar-refractivity contribution in [3.05, 3.63) is 35.8 Å². The molecule has 0 aliphatic carbocycles. The number of carboxylic acids is 1. The lowest BCUT2D eigenvalue weighted by Crippen LogP contribution is -1.99. The van der Waals surface area contributed by atoms with Crippen LogP contribution < -0.4 is 0 Å². The fraction of sp³-hybridized carbons (Fsp3) is 0.100. The Morgan fingerprint density at radius 3 is 2.93 bits per heavy atom. The van der Waals surface area contributed by atoms with Crippen LogP contribution in [0.15, 0.2) is 24.7 Å². The zero-order valence-electron chi connectivity index (χ0n) is 7.56. The van der Waals surface area contributed by atoms with Gasteiger partial charge in [0.1, 0.15) is 6.33 Å². The zero-order chi connectivity index (χ0) is 10.1. The first-order valence-electron chi connectivity index (χ1n) is 4.12. The topological polar surface area (TPSA) is 63.1 Å². The molecule has 0 radical (unpaired) electrons. The predicted octanol–water partition coefficient (Wildman–Crippen LogP) is 1.64. The Balaban J connectivity index is 2.87. The maximum Gasteiger partial charge on any atom is 0.337 e. The maximum absolute atomic E-state index is 10.9. The van der Waals surface area contributed by atoms with Crippen LogP contribution in [-0.4, -0.2) is 21.0 Å². The van der Waals surface area contributed by atoms with Gasteiger partial charge in [-0.2, -0.15) is 0 Å². The molecule has 0 saturated heterocycles. The lowest BCUT2D eigenvalue weighted by atomic mass is 10.1. The quantitative estimate of drug-likeness (QED) is 0.738. The van der Waals surface area contributed by atoms with Crippen LogP contribution >= 0.6 is 0 Å². The Hall–Kier alpha value is -1.97. The SMILES string of the molecule is Cc1cc(C(=O)O)c2ncncc2c1. The summed E-state index contributed by atoms with van der Waals surface area (Å²) in [5.41, 5.74) is 1.60. The van der Waals surface area contributed by atoms with Gasteiger partial charge in [-0.15, -0.1) is 0 Å². The molecule has 1 N–H and O–H groups in total. The summed E-state index contributed by atoms with van der Waals surface area (Å²) in [6.07, 6.45) is 2.96. The van der Waals surface area contributed by atoms with Gasteiger partial charge in [0.05, 0.1) is 11.1 Å². The average molecular weight is 188 g/mol. The van der Waals surface area contributed by atoms with E-state index in [2.05, 4.69) is 9.97 Å². The van der Waals surface area contributed by atoms with Crippen LogP contribution in [0.2, 0.25) is 0 Å². The second-order valence-corrected chi connectivity index (χ2v) is 3.08. The molecule has 1 aromatic carbocycles.